The average molecular weight is 520 g/mol. The Morgan fingerprint density at radius 2 is 1.62 bits per heavy atom. The van der Waals surface area contributed by atoms with Gasteiger partial charge in [-0.05, 0) is 38.0 Å². The van der Waals surface area contributed by atoms with Crippen molar-refractivity contribution in [3.63, 3.8) is 0 Å². The van der Waals surface area contributed by atoms with E-state index in [0.717, 1.165) is 89.5 Å². The van der Waals surface area contributed by atoms with Crippen LogP contribution in [0.5, 0.6) is 0 Å². The van der Waals surface area contributed by atoms with Gasteiger partial charge in [0.1, 0.15) is 0 Å². The molecule has 29 heavy (non-hydrogen) atoms. The molecule has 7 heteroatoms. The lowest BCUT2D eigenvalue weighted by molar-refractivity contribution is -0.137. The second-order valence-corrected chi connectivity index (χ2v) is 9.23. The molecule has 1 saturated carbocycles. The van der Waals surface area contributed by atoms with Crippen LogP contribution in [0.3, 0.4) is 0 Å². The molecule has 0 bridgehead atoms. The summed E-state index contributed by atoms with van der Waals surface area (Å²) in [6, 6.07) is 0. The molecular weight excluding hydrogens is 477 g/mol. The molecule has 0 aromatic heterocycles. The van der Waals surface area contributed by atoms with Gasteiger partial charge in [0.15, 0.2) is 5.96 Å². The van der Waals surface area contributed by atoms with E-state index in [1.54, 1.807) is 0 Å². The number of carbonyl (C=O) groups excluding carboxylic acids is 1. The molecule has 2 unspecified atom stereocenters. The number of amides is 1. The van der Waals surface area contributed by atoms with Crippen LogP contribution in [0.4, 0.5) is 0 Å². The molecule has 2 heterocycles. The molecule has 168 valence electrons. The van der Waals surface area contributed by atoms with E-state index in [2.05, 4.69) is 40.8 Å². The van der Waals surface area contributed by atoms with E-state index in [0.29, 0.717) is 11.8 Å². The van der Waals surface area contributed by atoms with Crippen molar-refractivity contribution in [1.29, 1.82) is 0 Å². The fourth-order valence-electron chi connectivity index (χ4n) is 5.18. The highest BCUT2D eigenvalue weighted by molar-refractivity contribution is 14.0. The highest BCUT2D eigenvalue weighted by Gasteiger charge is 2.29. The Kier molecular flexibility index (Phi) is 10.5. The molecule has 2 atom stereocenters. The first-order valence-corrected chi connectivity index (χ1v) is 11.6. The minimum Gasteiger partial charge on any atom is -0.357 e. The molecule has 2 saturated heterocycles. The summed E-state index contributed by atoms with van der Waals surface area (Å²) in [5, 5.41) is 3.49. The Morgan fingerprint density at radius 1 is 1.00 bits per heavy atom. The third-order valence-corrected chi connectivity index (χ3v) is 6.57. The maximum absolute atomic E-state index is 12.6. The molecule has 3 aliphatic rings. The van der Waals surface area contributed by atoms with Crippen LogP contribution < -0.4 is 5.32 Å². The van der Waals surface area contributed by atoms with Crippen molar-refractivity contribution in [2.75, 3.05) is 58.9 Å². The van der Waals surface area contributed by atoms with Gasteiger partial charge in [0.25, 0.3) is 0 Å². The Balaban J connectivity index is 0.00000300. The number of likely N-dealkylation sites (tertiary alicyclic amines) is 1. The highest BCUT2D eigenvalue weighted by atomic mass is 127. The molecular formula is C22H42IN5O. The number of nitrogens with zero attached hydrogens (tertiary/aromatic N) is 4. The molecule has 3 rings (SSSR count). The van der Waals surface area contributed by atoms with Crippen molar-refractivity contribution in [3.8, 4) is 0 Å². The van der Waals surface area contributed by atoms with Crippen molar-refractivity contribution < 1.29 is 4.79 Å². The lowest BCUT2D eigenvalue weighted by Gasteiger charge is -2.37. The fraction of sp³-hybridized carbons (Fsp3) is 0.909. The summed E-state index contributed by atoms with van der Waals surface area (Å²) in [6.07, 6.45) is 6.00. The third kappa shape index (κ3) is 7.26. The number of rotatable bonds is 5. The van der Waals surface area contributed by atoms with Gasteiger partial charge in [-0.25, -0.2) is 0 Å². The number of aliphatic imine (C=N–C) groups is 1. The number of nitrogens with one attached hydrogen (secondary N) is 1. The van der Waals surface area contributed by atoms with Crippen LogP contribution in [0.2, 0.25) is 0 Å². The highest BCUT2D eigenvalue weighted by Crippen LogP contribution is 2.27. The smallest absolute Gasteiger partial charge is 0.225 e. The summed E-state index contributed by atoms with van der Waals surface area (Å²) in [5.74, 6) is 3.28. The molecule has 1 amide bonds. The normalized spacial score (nSPS) is 27.1. The molecule has 0 aromatic rings. The van der Waals surface area contributed by atoms with Gasteiger partial charge in [-0.2, -0.15) is 0 Å². The minimum absolute atomic E-state index is 0. The maximum Gasteiger partial charge on any atom is 0.225 e. The molecule has 0 radical (unpaired) electrons. The zero-order valence-corrected chi connectivity index (χ0v) is 21.1. The predicted octanol–water partition coefficient (Wildman–Crippen LogP) is 2.88. The Morgan fingerprint density at radius 3 is 2.21 bits per heavy atom. The summed E-state index contributed by atoms with van der Waals surface area (Å²) in [7, 11) is 0. The van der Waals surface area contributed by atoms with Gasteiger partial charge >= 0.3 is 0 Å². The van der Waals surface area contributed by atoms with Gasteiger partial charge in [0.05, 0.1) is 6.54 Å². The Bertz CT molecular complexity index is 519. The molecule has 1 N–H and O–H groups in total. The molecule has 0 aromatic carbocycles. The van der Waals surface area contributed by atoms with Gasteiger partial charge in [-0.15, -0.1) is 24.0 Å². The van der Waals surface area contributed by atoms with E-state index in [1.807, 2.05) is 0 Å². The van der Waals surface area contributed by atoms with E-state index >= 15 is 0 Å². The molecule has 2 aliphatic heterocycles. The van der Waals surface area contributed by atoms with Crippen LogP contribution in [-0.4, -0.2) is 85.5 Å². The molecule has 1 aliphatic carbocycles. The summed E-state index contributed by atoms with van der Waals surface area (Å²) < 4.78 is 0. The van der Waals surface area contributed by atoms with Crippen LogP contribution in [0.25, 0.3) is 0 Å². The van der Waals surface area contributed by atoms with E-state index < -0.39 is 0 Å². The molecule has 0 spiro atoms. The van der Waals surface area contributed by atoms with Crippen molar-refractivity contribution in [1.82, 2.24) is 20.0 Å². The first kappa shape index (κ1) is 24.7. The standard InChI is InChI=1S/C22H41N5O.HI/c1-4-23-22(27-16-18(2)15-19(3)17-27)24-9-10-25-11-13-26(14-12-25)21(28)20-7-5-6-8-20;/h18-20H,4-17H2,1-3H3,(H,23,24);1H. The predicted molar refractivity (Wildman–Crippen MR) is 131 cm³/mol. The van der Waals surface area contributed by atoms with E-state index in [9.17, 15) is 4.79 Å². The number of halogens is 1. The van der Waals surface area contributed by atoms with Gasteiger partial charge in [-0.3, -0.25) is 14.7 Å². The number of hydrogen-bond acceptors (Lipinski definition) is 3. The molecule has 6 nitrogen and oxygen atoms in total. The van der Waals surface area contributed by atoms with E-state index in [-0.39, 0.29) is 24.0 Å². The van der Waals surface area contributed by atoms with Crippen molar-refractivity contribution in [2.24, 2.45) is 22.7 Å². The summed E-state index contributed by atoms with van der Waals surface area (Å²) in [5.41, 5.74) is 0. The van der Waals surface area contributed by atoms with Gasteiger partial charge in [0.2, 0.25) is 5.91 Å². The maximum atomic E-state index is 12.6. The van der Waals surface area contributed by atoms with Crippen LogP contribution in [-0.2, 0) is 4.79 Å². The van der Waals surface area contributed by atoms with Crippen LogP contribution in [0.15, 0.2) is 4.99 Å². The van der Waals surface area contributed by atoms with Crippen molar-refractivity contribution >= 4 is 35.8 Å². The minimum atomic E-state index is 0. The third-order valence-electron chi connectivity index (χ3n) is 6.57. The monoisotopic (exact) mass is 519 g/mol. The van der Waals surface area contributed by atoms with Crippen molar-refractivity contribution in [3.05, 3.63) is 0 Å². The summed E-state index contributed by atoms with van der Waals surface area (Å²) in [4.78, 5) is 24.5. The molecule has 3 fully saturated rings. The summed E-state index contributed by atoms with van der Waals surface area (Å²) >= 11 is 0. The Hall–Kier alpha value is -0.570. The number of piperidine rings is 1. The quantitative estimate of drug-likeness (QED) is 0.345. The lowest BCUT2D eigenvalue weighted by Crippen LogP contribution is -2.51. The van der Waals surface area contributed by atoms with E-state index in [1.165, 1.54) is 19.3 Å². The SMILES string of the molecule is CCNC(=NCCN1CCN(C(=O)C2CCCC2)CC1)N1CC(C)CC(C)C1.I. The second kappa shape index (κ2) is 12.3. The second-order valence-electron chi connectivity index (χ2n) is 9.23. The topological polar surface area (TPSA) is 51.2 Å². The summed E-state index contributed by atoms with van der Waals surface area (Å²) in [6.45, 7) is 15.5. The largest absolute Gasteiger partial charge is 0.357 e. The number of carbonyl (C=O) groups is 1. The van der Waals surface area contributed by atoms with Crippen LogP contribution in [0, 0.1) is 17.8 Å². The number of guanidine groups is 1. The average Bonchev–Trinajstić information content (AvgIpc) is 3.21. The Labute approximate surface area is 194 Å². The van der Waals surface area contributed by atoms with Crippen LogP contribution >= 0.6 is 24.0 Å². The van der Waals surface area contributed by atoms with Crippen molar-refractivity contribution in [2.45, 2.75) is 52.9 Å². The van der Waals surface area contributed by atoms with Gasteiger partial charge in [-0.1, -0.05) is 26.7 Å². The number of piperazine rings is 1. The zero-order chi connectivity index (χ0) is 19.9. The first-order valence-electron chi connectivity index (χ1n) is 11.6. The fourth-order valence-corrected chi connectivity index (χ4v) is 5.18. The zero-order valence-electron chi connectivity index (χ0n) is 18.7. The van der Waals surface area contributed by atoms with Crippen LogP contribution in [0.1, 0.15) is 52.9 Å². The first-order chi connectivity index (χ1) is 13.6. The lowest BCUT2D eigenvalue weighted by atomic mass is 9.92. The van der Waals surface area contributed by atoms with Gasteiger partial charge in [0, 0.05) is 58.3 Å². The van der Waals surface area contributed by atoms with Gasteiger partial charge < -0.3 is 15.1 Å². The number of hydrogen-bond donors (Lipinski definition) is 1. The van der Waals surface area contributed by atoms with E-state index in [4.69, 9.17) is 4.99 Å².